The second kappa shape index (κ2) is 6.36. The number of nitrogens with one attached hydrogen (secondary N) is 2. The summed E-state index contributed by atoms with van der Waals surface area (Å²) in [6, 6.07) is 0. The van der Waals surface area contributed by atoms with Crippen molar-refractivity contribution in [2.45, 2.75) is 39.2 Å². The lowest BCUT2D eigenvalue weighted by Gasteiger charge is -2.35. The zero-order valence-corrected chi connectivity index (χ0v) is 11.5. The molecule has 1 saturated heterocycles. The van der Waals surface area contributed by atoms with Crippen LogP contribution in [0.15, 0.2) is 0 Å². The van der Waals surface area contributed by atoms with Gasteiger partial charge in [-0.15, -0.1) is 0 Å². The van der Waals surface area contributed by atoms with Crippen LogP contribution in [0.25, 0.3) is 0 Å². The fourth-order valence-electron chi connectivity index (χ4n) is 2.00. The van der Waals surface area contributed by atoms with Gasteiger partial charge in [-0.05, 0) is 37.8 Å². The van der Waals surface area contributed by atoms with Gasteiger partial charge in [0.15, 0.2) is 0 Å². The smallest absolute Gasteiger partial charge is 0.252 e. The van der Waals surface area contributed by atoms with Crippen LogP contribution in [0.5, 0.6) is 0 Å². The monoisotopic (exact) mass is 242 g/mol. The first-order chi connectivity index (χ1) is 8.02. The van der Waals surface area contributed by atoms with E-state index < -0.39 is 5.60 Å². The Morgan fingerprint density at radius 3 is 2.41 bits per heavy atom. The Balaban J connectivity index is 2.49. The maximum atomic E-state index is 12.2. The molecule has 0 spiro atoms. The van der Waals surface area contributed by atoms with E-state index in [2.05, 4.69) is 31.4 Å². The van der Waals surface area contributed by atoms with E-state index in [1.165, 1.54) is 0 Å². The summed E-state index contributed by atoms with van der Waals surface area (Å²) in [7, 11) is 1.64. The highest BCUT2D eigenvalue weighted by Crippen LogP contribution is 2.22. The molecule has 0 saturated carbocycles. The Morgan fingerprint density at radius 1 is 1.35 bits per heavy atom. The van der Waals surface area contributed by atoms with Gasteiger partial charge in [-0.2, -0.15) is 0 Å². The van der Waals surface area contributed by atoms with Crippen molar-refractivity contribution in [2.24, 2.45) is 11.8 Å². The second-order valence-electron chi connectivity index (χ2n) is 5.38. The standard InChI is InChI=1S/C13H26N2O2/c1-10(2)11(3)9-15-12(16)13(17-4)5-7-14-8-6-13/h10-11,14H,5-9H2,1-4H3,(H,15,16). The lowest BCUT2D eigenvalue weighted by molar-refractivity contribution is -0.146. The van der Waals surface area contributed by atoms with Crippen LogP contribution in [-0.2, 0) is 9.53 Å². The Hall–Kier alpha value is -0.610. The molecule has 0 aliphatic carbocycles. The molecule has 1 aliphatic rings. The molecule has 0 aromatic carbocycles. The summed E-state index contributed by atoms with van der Waals surface area (Å²) in [4.78, 5) is 12.2. The minimum Gasteiger partial charge on any atom is -0.368 e. The summed E-state index contributed by atoms with van der Waals surface area (Å²) in [5, 5.41) is 6.29. The zero-order valence-electron chi connectivity index (χ0n) is 11.5. The molecule has 17 heavy (non-hydrogen) atoms. The van der Waals surface area contributed by atoms with Gasteiger partial charge in [0.05, 0.1) is 0 Å². The molecule has 2 N–H and O–H groups in total. The van der Waals surface area contributed by atoms with Crippen molar-refractivity contribution in [3.05, 3.63) is 0 Å². The predicted octanol–water partition coefficient (Wildman–Crippen LogP) is 1.16. The minimum atomic E-state index is -0.609. The third kappa shape index (κ3) is 3.68. The van der Waals surface area contributed by atoms with Crippen LogP contribution in [0, 0.1) is 11.8 Å². The van der Waals surface area contributed by atoms with E-state index in [-0.39, 0.29) is 5.91 Å². The number of hydrogen-bond donors (Lipinski definition) is 2. The summed E-state index contributed by atoms with van der Waals surface area (Å²) < 4.78 is 5.48. The fraction of sp³-hybridized carbons (Fsp3) is 0.923. The van der Waals surface area contributed by atoms with Crippen LogP contribution in [0.4, 0.5) is 0 Å². The average molecular weight is 242 g/mol. The van der Waals surface area contributed by atoms with Gasteiger partial charge in [0.25, 0.3) is 5.91 Å². The molecule has 4 nitrogen and oxygen atoms in total. The molecule has 100 valence electrons. The number of amides is 1. The van der Waals surface area contributed by atoms with Gasteiger partial charge < -0.3 is 15.4 Å². The zero-order chi connectivity index (χ0) is 12.9. The van der Waals surface area contributed by atoms with Crippen LogP contribution in [0.3, 0.4) is 0 Å². The van der Waals surface area contributed by atoms with Crippen LogP contribution < -0.4 is 10.6 Å². The molecule has 1 atom stereocenters. The summed E-state index contributed by atoms with van der Waals surface area (Å²) in [6.45, 7) is 8.94. The van der Waals surface area contributed by atoms with E-state index in [9.17, 15) is 4.79 Å². The summed E-state index contributed by atoms with van der Waals surface area (Å²) in [5.74, 6) is 1.13. The van der Waals surface area contributed by atoms with Crippen LogP contribution in [0.1, 0.15) is 33.6 Å². The van der Waals surface area contributed by atoms with Crippen molar-refractivity contribution in [3.8, 4) is 0 Å². The Kier molecular flexibility index (Phi) is 5.40. The average Bonchev–Trinajstić information content (AvgIpc) is 2.36. The van der Waals surface area contributed by atoms with E-state index >= 15 is 0 Å². The highest BCUT2D eigenvalue weighted by molar-refractivity contribution is 5.85. The van der Waals surface area contributed by atoms with Crippen molar-refractivity contribution >= 4 is 5.91 Å². The van der Waals surface area contributed by atoms with Crippen LogP contribution in [0.2, 0.25) is 0 Å². The highest BCUT2D eigenvalue weighted by Gasteiger charge is 2.39. The first-order valence-corrected chi connectivity index (χ1v) is 6.56. The second-order valence-corrected chi connectivity index (χ2v) is 5.38. The number of rotatable bonds is 5. The first kappa shape index (κ1) is 14.5. The van der Waals surface area contributed by atoms with Gasteiger partial charge in [-0.1, -0.05) is 20.8 Å². The van der Waals surface area contributed by atoms with Crippen molar-refractivity contribution in [2.75, 3.05) is 26.7 Å². The quantitative estimate of drug-likeness (QED) is 0.761. The van der Waals surface area contributed by atoms with Gasteiger partial charge >= 0.3 is 0 Å². The van der Waals surface area contributed by atoms with Crippen molar-refractivity contribution in [1.82, 2.24) is 10.6 Å². The molecule has 1 amide bonds. The number of hydrogen-bond acceptors (Lipinski definition) is 3. The molecular weight excluding hydrogens is 216 g/mol. The molecule has 1 aliphatic heterocycles. The lowest BCUT2D eigenvalue weighted by atomic mass is 9.90. The summed E-state index contributed by atoms with van der Waals surface area (Å²) >= 11 is 0. The summed E-state index contributed by atoms with van der Waals surface area (Å²) in [5.41, 5.74) is -0.609. The molecule has 0 radical (unpaired) electrons. The van der Waals surface area contributed by atoms with Crippen molar-refractivity contribution < 1.29 is 9.53 Å². The van der Waals surface area contributed by atoms with Crippen molar-refractivity contribution in [1.29, 1.82) is 0 Å². The van der Waals surface area contributed by atoms with Gasteiger partial charge in [0.1, 0.15) is 5.60 Å². The van der Waals surface area contributed by atoms with Crippen LogP contribution in [-0.4, -0.2) is 38.3 Å². The summed E-state index contributed by atoms with van der Waals surface area (Å²) in [6.07, 6.45) is 1.51. The molecule has 1 rings (SSSR count). The largest absolute Gasteiger partial charge is 0.368 e. The molecule has 0 aromatic heterocycles. The molecule has 1 unspecified atom stereocenters. The molecule has 0 bridgehead atoms. The molecule has 1 heterocycles. The Labute approximate surface area is 104 Å². The molecule has 1 fully saturated rings. The van der Waals surface area contributed by atoms with E-state index in [0.29, 0.717) is 11.8 Å². The fourth-order valence-corrected chi connectivity index (χ4v) is 2.00. The number of methoxy groups -OCH3 is 1. The molecule has 0 aromatic rings. The maximum Gasteiger partial charge on any atom is 0.252 e. The highest BCUT2D eigenvalue weighted by atomic mass is 16.5. The molecular formula is C13H26N2O2. The third-order valence-electron chi connectivity index (χ3n) is 3.94. The first-order valence-electron chi connectivity index (χ1n) is 6.56. The maximum absolute atomic E-state index is 12.2. The Bertz CT molecular complexity index is 248. The van der Waals surface area contributed by atoms with Gasteiger partial charge in [0, 0.05) is 13.7 Å². The minimum absolute atomic E-state index is 0.0500. The number of carbonyl (C=O) groups excluding carboxylic acids is 1. The number of carbonyl (C=O) groups is 1. The van der Waals surface area contributed by atoms with E-state index in [4.69, 9.17) is 4.74 Å². The predicted molar refractivity (Wildman–Crippen MR) is 68.9 cm³/mol. The molecule has 4 heteroatoms. The SMILES string of the molecule is COC1(C(=O)NCC(C)C(C)C)CCNCC1. The topological polar surface area (TPSA) is 50.4 Å². The number of ether oxygens (including phenoxy) is 1. The normalized spacial score (nSPS) is 21.2. The van der Waals surface area contributed by atoms with Crippen molar-refractivity contribution in [3.63, 3.8) is 0 Å². The lowest BCUT2D eigenvalue weighted by Crippen LogP contribution is -2.54. The van der Waals surface area contributed by atoms with E-state index in [1.807, 2.05) is 0 Å². The van der Waals surface area contributed by atoms with Gasteiger partial charge in [-0.3, -0.25) is 4.79 Å². The van der Waals surface area contributed by atoms with Crippen LogP contribution >= 0.6 is 0 Å². The Morgan fingerprint density at radius 2 is 1.94 bits per heavy atom. The van der Waals surface area contributed by atoms with Gasteiger partial charge in [0.2, 0.25) is 0 Å². The van der Waals surface area contributed by atoms with E-state index in [1.54, 1.807) is 7.11 Å². The number of piperidine rings is 1. The van der Waals surface area contributed by atoms with E-state index in [0.717, 1.165) is 32.5 Å². The van der Waals surface area contributed by atoms with Gasteiger partial charge in [-0.25, -0.2) is 0 Å². The third-order valence-corrected chi connectivity index (χ3v) is 3.94.